The van der Waals surface area contributed by atoms with Crippen LogP contribution >= 0.6 is 24.0 Å². The maximum atomic E-state index is 5.36. The highest BCUT2D eigenvalue weighted by Gasteiger charge is 2.06. The van der Waals surface area contributed by atoms with Crippen LogP contribution in [-0.4, -0.2) is 54.5 Å². The number of hydrogen-bond acceptors (Lipinski definition) is 5. The fraction of sp³-hybridized carbons (Fsp3) is 0.435. The first kappa shape index (κ1) is 26.7. The lowest BCUT2D eigenvalue weighted by molar-refractivity contribution is 0.354. The van der Waals surface area contributed by atoms with Crippen LogP contribution in [0.4, 0.5) is 0 Å². The Morgan fingerprint density at radius 2 is 1.19 bits per heavy atom. The van der Waals surface area contributed by atoms with Gasteiger partial charge in [-0.15, -0.1) is 24.0 Å². The molecule has 0 amide bonds. The molecule has 0 aliphatic heterocycles. The minimum Gasteiger partial charge on any atom is -0.493 e. The second-order valence-electron chi connectivity index (χ2n) is 6.66. The summed E-state index contributed by atoms with van der Waals surface area (Å²) in [7, 11) is 8.36. The Hall–Kier alpha value is -2.36. The number of rotatable bonds is 11. The minimum absolute atomic E-state index is 0. The number of aryl methyl sites for hydroxylation is 1. The van der Waals surface area contributed by atoms with E-state index in [1.165, 1.54) is 11.1 Å². The van der Waals surface area contributed by atoms with Crippen molar-refractivity contribution in [1.82, 2.24) is 10.6 Å². The monoisotopic (exact) mass is 543 g/mol. The summed E-state index contributed by atoms with van der Waals surface area (Å²) in [6.45, 7) is 1.59. The van der Waals surface area contributed by atoms with Gasteiger partial charge in [0.2, 0.25) is 0 Å². The molecular formula is C23H34IN3O4. The molecule has 0 saturated heterocycles. The number of ether oxygens (including phenoxy) is 4. The molecule has 2 aromatic carbocycles. The third-order valence-corrected chi connectivity index (χ3v) is 4.76. The number of methoxy groups -OCH3 is 4. The first-order valence-electron chi connectivity index (χ1n) is 10.0. The van der Waals surface area contributed by atoms with E-state index >= 15 is 0 Å². The normalized spacial score (nSPS) is 10.7. The van der Waals surface area contributed by atoms with Gasteiger partial charge in [-0.05, 0) is 54.7 Å². The minimum atomic E-state index is 0. The van der Waals surface area contributed by atoms with Crippen LogP contribution in [0.15, 0.2) is 41.4 Å². The van der Waals surface area contributed by atoms with E-state index in [2.05, 4.69) is 21.7 Å². The highest BCUT2D eigenvalue weighted by Crippen LogP contribution is 2.28. The number of guanidine groups is 1. The zero-order valence-corrected chi connectivity index (χ0v) is 21.3. The van der Waals surface area contributed by atoms with Gasteiger partial charge in [-0.1, -0.05) is 12.1 Å². The molecule has 0 bridgehead atoms. The number of nitrogens with zero attached hydrogens (tertiary/aromatic N) is 1. The third kappa shape index (κ3) is 8.35. The molecule has 0 aliphatic rings. The standard InChI is InChI=1S/C23H33N3O4.HI/c1-24-23(26-14-12-18-9-11-20(28-3)22(16-18)30-5)25-13-6-7-17-8-10-19(27-2)21(15-17)29-4;/h8-11,15-16H,6-7,12-14H2,1-5H3,(H2,24,25,26);1H. The smallest absolute Gasteiger partial charge is 0.190 e. The lowest BCUT2D eigenvalue weighted by Gasteiger charge is -2.13. The second-order valence-corrected chi connectivity index (χ2v) is 6.66. The van der Waals surface area contributed by atoms with Gasteiger partial charge in [0.1, 0.15) is 0 Å². The zero-order chi connectivity index (χ0) is 21.8. The fourth-order valence-electron chi connectivity index (χ4n) is 3.12. The molecule has 7 nitrogen and oxygen atoms in total. The van der Waals surface area contributed by atoms with Gasteiger partial charge >= 0.3 is 0 Å². The van der Waals surface area contributed by atoms with Gasteiger partial charge < -0.3 is 29.6 Å². The van der Waals surface area contributed by atoms with E-state index in [9.17, 15) is 0 Å². The maximum Gasteiger partial charge on any atom is 0.190 e. The summed E-state index contributed by atoms with van der Waals surface area (Å²) in [6.07, 6.45) is 2.77. The van der Waals surface area contributed by atoms with Crippen molar-refractivity contribution in [2.24, 2.45) is 4.99 Å². The first-order valence-corrected chi connectivity index (χ1v) is 10.0. The van der Waals surface area contributed by atoms with Crippen LogP contribution in [0.5, 0.6) is 23.0 Å². The summed E-state index contributed by atoms with van der Waals surface area (Å²) in [5.41, 5.74) is 2.38. The van der Waals surface area contributed by atoms with Crippen LogP contribution in [0.25, 0.3) is 0 Å². The molecule has 8 heteroatoms. The Labute approximate surface area is 202 Å². The van der Waals surface area contributed by atoms with Crippen molar-refractivity contribution in [1.29, 1.82) is 0 Å². The van der Waals surface area contributed by atoms with E-state index in [1.807, 2.05) is 30.3 Å². The molecule has 0 spiro atoms. The van der Waals surface area contributed by atoms with Gasteiger partial charge in [0.25, 0.3) is 0 Å². The van der Waals surface area contributed by atoms with Gasteiger partial charge in [0.15, 0.2) is 29.0 Å². The molecule has 0 unspecified atom stereocenters. The summed E-state index contributed by atoms with van der Waals surface area (Å²) in [5.74, 6) is 3.78. The molecule has 2 N–H and O–H groups in total. The van der Waals surface area contributed by atoms with Crippen molar-refractivity contribution in [2.45, 2.75) is 19.3 Å². The molecule has 0 fully saturated rings. The van der Waals surface area contributed by atoms with E-state index in [1.54, 1.807) is 35.5 Å². The van der Waals surface area contributed by atoms with Gasteiger partial charge in [-0.3, -0.25) is 4.99 Å². The molecule has 31 heavy (non-hydrogen) atoms. The molecule has 0 aromatic heterocycles. The van der Waals surface area contributed by atoms with Crippen LogP contribution in [-0.2, 0) is 12.8 Å². The van der Waals surface area contributed by atoms with Crippen LogP contribution in [0, 0.1) is 0 Å². The topological polar surface area (TPSA) is 73.3 Å². The third-order valence-electron chi connectivity index (χ3n) is 4.76. The Kier molecular flexibility index (Phi) is 12.6. The van der Waals surface area contributed by atoms with Crippen LogP contribution in [0.2, 0.25) is 0 Å². The van der Waals surface area contributed by atoms with E-state index in [0.717, 1.165) is 61.3 Å². The Bertz CT molecular complexity index is 830. The van der Waals surface area contributed by atoms with E-state index in [0.29, 0.717) is 0 Å². The van der Waals surface area contributed by atoms with E-state index in [-0.39, 0.29) is 24.0 Å². The SMILES string of the molecule is CN=C(NCCCc1ccc(OC)c(OC)c1)NCCc1ccc(OC)c(OC)c1.I. The van der Waals surface area contributed by atoms with Gasteiger partial charge in [-0.25, -0.2) is 0 Å². The Morgan fingerprint density at radius 1 is 0.710 bits per heavy atom. The highest BCUT2D eigenvalue weighted by molar-refractivity contribution is 14.0. The van der Waals surface area contributed by atoms with Crippen molar-refractivity contribution in [3.63, 3.8) is 0 Å². The van der Waals surface area contributed by atoms with E-state index < -0.39 is 0 Å². The average molecular weight is 543 g/mol. The number of aliphatic imine (C=N–C) groups is 1. The van der Waals surface area contributed by atoms with Crippen LogP contribution < -0.4 is 29.6 Å². The van der Waals surface area contributed by atoms with Crippen molar-refractivity contribution in [3.05, 3.63) is 47.5 Å². The molecular weight excluding hydrogens is 509 g/mol. The molecule has 172 valence electrons. The summed E-state index contributed by atoms with van der Waals surface area (Å²) in [5, 5.41) is 6.70. The van der Waals surface area contributed by atoms with Crippen molar-refractivity contribution >= 4 is 29.9 Å². The van der Waals surface area contributed by atoms with Crippen molar-refractivity contribution in [2.75, 3.05) is 48.6 Å². The summed E-state index contributed by atoms with van der Waals surface area (Å²) in [6, 6.07) is 12.0. The summed E-state index contributed by atoms with van der Waals surface area (Å²) < 4.78 is 21.3. The zero-order valence-electron chi connectivity index (χ0n) is 19.0. The van der Waals surface area contributed by atoms with Crippen molar-refractivity contribution < 1.29 is 18.9 Å². The first-order chi connectivity index (χ1) is 14.6. The van der Waals surface area contributed by atoms with Crippen LogP contribution in [0.3, 0.4) is 0 Å². The fourth-order valence-corrected chi connectivity index (χ4v) is 3.12. The predicted octanol–water partition coefficient (Wildman–Crippen LogP) is 3.68. The van der Waals surface area contributed by atoms with Crippen molar-refractivity contribution in [3.8, 4) is 23.0 Å². The summed E-state index contributed by atoms with van der Waals surface area (Å²) >= 11 is 0. The quantitative estimate of drug-likeness (QED) is 0.195. The molecule has 2 rings (SSSR count). The molecule has 2 aromatic rings. The molecule has 0 radical (unpaired) electrons. The van der Waals surface area contributed by atoms with Gasteiger partial charge in [0, 0.05) is 20.1 Å². The molecule has 0 saturated carbocycles. The lowest BCUT2D eigenvalue weighted by Crippen LogP contribution is -2.38. The number of halogens is 1. The Morgan fingerprint density at radius 3 is 1.68 bits per heavy atom. The van der Waals surface area contributed by atoms with Crippen LogP contribution in [0.1, 0.15) is 17.5 Å². The maximum absolute atomic E-state index is 5.36. The largest absolute Gasteiger partial charge is 0.493 e. The lowest BCUT2D eigenvalue weighted by atomic mass is 10.1. The number of nitrogens with one attached hydrogen (secondary N) is 2. The highest BCUT2D eigenvalue weighted by atomic mass is 127. The summed E-state index contributed by atoms with van der Waals surface area (Å²) in [4.78, 5) is 4.29. The Balaban J connectivity index is 0.00000480. The number of hydrogen-bond donors (Lipinski definition) is 2. The molecule has 0 atom stereocenters. The average Bonchev–Trinajstić information content (AvgIpc) is 2.80. The number of benzene rings is 2. The van der Waals surface area contributed by atoms with Gasteiger partial charge in [0.05, 0.1) is 28.4 Å². The molecule has 0 heterocycles. The second kappa shape index (κ2) is 14.6. The van der Waals surface area contributed by atoms with E-state index in [4.69, 9.17) is 18.9 Å². The molecule has 0 aliphatic carbocycles. The predicted molar refractivity (Wildman–Crippen MR) is 136 cm³/mol. The van der Waals surface area contributed by atoms with Gasteiger partial charge in [-0.2, -0.15) is 0 Å².